The van der Waals surface area contributed by atoms with Crippen molar-refractivity contribution in [3.05, 3.63) is 83.9 Å². The van der Waals surface area contributed by atoms with Crippen LogP contribution in [0.15, 0.2) is 72.8 Å². The number of alkyl carbamates (subject to hydrolysis) is 1. The lowest BCUT2D eigenvalue weighted by Gasteiger charge is -2.21. The highest BCUT2D eigenvalue weighted by Crippen LogP contribution is 2.40. The first-order valence-electron chi connectivity index (χ1n) is 15.0. The smallest absolute Gasteiger partial charge is 0.408 e. The highest BCUT2D eigenvalue weighted by molar-refractivity contribution is 7.22. The Balaban J connectivity index is 1.25. The molecule has 1 fully saturated rings. The summed E-state index contributed by atoms with van der Waals surface area (Å²) in [5.74, 6) is 0.594. The number of ether oxygens (including phenoxy) is 2. The molecule has 43 heavy (non-hydrogen) atoms. The van der Waals surface area contributed by atoms with E-state index in [2.05, 4.69) is 64.1 Å². The number of nitrogens with one attached hydrogen (secondary N) is 2. The Morgan fingerprint density at radius 1 is 0.953 bits per heavy atom. The van der Waals surface area contributed by atoms with E-state index in [0.717, 1.165) is 24.3 Å². The number of benzene rings is 3. The van der Waals surface area contributed by atoms with Crippen molar-refractivity contribution in [2.24, 2.45) is 0 Å². The van der Waals surface area contributed by atoms with Crippen LogP contribution in [0, 0.1) is 0 Å². The maximum Gasteiger partial charge on any atom is 0.408 e. The van der Waals surface area contributed by atoms with E-state index < -0.39 is 17.7 Å². The molecular formula is C35H41N3O4S. The highest BCUT2D eigenvalue weighted by Gasteiger charge is 2.21. The third-order valence-electron chi connectivity index (χ3n) is 7.42. The van der Waals surface area contributed by atoms with Gasteiger partial charge in [0.25, 0.3) is 0 Å². The van der Waals surface area contributed by atoms with Crippen molar-refractivity contribution in [2.45, 2.75) is 58.6 Å². The molecule has 3 aromatic carbocycles. The molecule has 2 heterocycles. The van der Waals surface area contributed by atoms with E-state index in [0.29, 0.717) is 12.3 Å². The Labute approximate surface area is 258 Å². The van der Waals surface area contributed by atoms with E-state index in [1.54, 1.807) is 39.0 Å². The van der Waals surface area contributed by atoms with Gasteiger partial charge in [-0.05, 0) is 112 Å². The average molecular weight is 600 g/mol. The quantitative estimate of drug-likeness (QED) is 0.198. The fourth-order valence-corrected chi connectivity index (χ4v) is 6.45. The number of thiophene rings is 1. The van der Waals surface area contributed by atoms with Gasteiger partial charge in [0.2, 0.25) is 5.91 Å². The van der Waals surface area contributed by atoms with Gasteiger partial charge in [0, 0.05) is 21.8 Å². The van der Waals surface area contributed by atoms with Crippen LogP contribution in [-0.4, -0.2) is 54.8 Å². The molecule has 1 aliphatic heterocycles. The van der Waals surface area contributed by atoms with Gasteiger partial charge in [0.1, 0.15) is 24.0 Å². The first-order valence-corrected chi connectivity index (χ1v) is 15.8. The molecule has 1 atom stereocenters. The molecule has 8 heteroatoms. The predicted molar refractivity (Wildman–Crippen MR) is 175 cm³/mol. The summed E-state index contributed by atoms with van der Waals surface area (Å²) in [6.07, 6.45) is 2.77. The number of anilines is 1. The van der Waals surface area contributed by atoms with E-state index in [-0.39, 0.29) is 5.91 Å². The zero-order chi connectivity index (χ0) is 30.4. The normalized spacial score (nSPS) is 14.4. The molecule has 1 aliphatic rings. The van der Waals surface area contributed by atoms with Crippen molar-refractivity contribution < 1.29 is 19.1 Å². The first-order chi connectivity index (χ1) is 20.6. The standard InChI is InChI=1S/C35H41N3O4S/c1-24(36-34(40)42-35(2,3)4)33(39)37-27-15-13-26(14-16-27)32-30(29-9-5-6-10-31(29)43-32)23-25-11-17-28(18-12-25)41-22-21-38-19-7-8-20-38/h5-6,9-18,24H,7-8,19-23H2,1-4H3,(H,36,40)(H,37,39). The third-order valence-corrected chi connectivity index (χ3v) is 8.68. The number of hydrogen-bond acceptors (Lipinski definition) is 6. The molecule has 4 aromatic rings. The van der Waals surface area contributed by atoms with Crippen LogP contribution in [0.2, 0.25) is 0 Å². The lowest BCUT2D eigenvalue weighted by Crippen LogP contribution is -2.43. The van der Waals surface area contributed by atoms with Crippen LogP contribution < -0.4 is 15.4 Å². The number of rotatable bonds is 10. The van der Waals surface area contributed by atoms with Crippen molar-refractivity contribution in [1.82, 2.24) is 10.2 Å². The fourth-order valence-electron chi connectivity index (χ4n) is 5.22. The molecule has 0 radical (unpaired) electrons. The Morgan fingerprint density at radius 3 is 2.35 bits per heavy atom. The summed E-state index contributed by atoms with van der Waals surface area (Å²) in [4.78, 5) is 28.4. The number of hydrogen-bond donors (Lipinski definition) is 2. The molecule has 0 bridgehead atoms. The van der Waals surface area contributed by atoms with Gasteiger partial charge < -0.3 is 20.1 Å². The molecule has 2 N–H and O–H groups in total. The number of fused-ring (bicyclic) bond motifs is 1. The molecule has 0 aliphatic carbocycles. The Morgan fingerprint density at radius 2 is 1.65 bits per heavy atom. The maximum absolute atomic E-state index is 12.7. The molecule has 1 aromatic heterocycles. The van der Waals surface area contributed by atoms with Crippen LogP contribution in [0.3, 0.4) is 0 Å². The second kappa shape index (κ2) is 13.6. The summed E-state index contributed by atoms with van der Waals surface area (Å²) in [6, 6.07) is 24.1. The van der Waals surface area contributed by atoms with Gasteiger partial charge in [0.15, 0.2) is 0 Å². The van der Waals surface area contributed by atoms with Gasteiger partial charge in [-0.3, -0.25) is 9.69 Å². The summed E-state index contributed by atoms with van der Waals surface area (Å²) >= 11 is 1.78. The van der Waals surface area contributed by atoms with Crippen LogP contribution in [0.5, 0.6) is 5.75 Å². The van der Waals surface area contributed by atoms with Gasteiger partial charge in [-0.2, -0.15) is 0 Å². The number of amides is 2. The van der Waals surface area contributed by atoms with Crippen LogP contribution in [-0.2, 0) is 16.0 Å². The maximum atomic E-state index is 12.7. The van der Waals surface area contributed by atoms with E-state index in [1.807, 2.05) is 24.3 Å². The fraction of sp³-hybridized carbons (Fsp3) is 0.371. The van der Waals surface area contributed by atoms with Crippen molar-refractivity contribution in [3.8, 4) is 16.2 Å². The van der Waals surface area contributed by atoms with Crippen LogP contribution in [0.25, 0.3) is 20.5 Å². The van der Waals surface area contributed by atoms with Crippen molar-refractivity contribution in [3.63, 3.8) is 0 Å². The molecule has 5 rings (SSSR count). The van der Waals surface area contributed by atoms with Crippen LogP contribution in [0.4, 0.5) is 10.5 Å². The van der Waals surface area contributed by atoms with Crippen molar-refractivity contribution in [1.29, 1.82) is 0 Å². The second-order valence-corrected chi connectivity index (χ2v) is 13.1. The van der Waals surface area contributed by atoms with Gasteiger partial charge in [-0.15, -0.1) is 11.3 Å². The molecule has 7 nitrogen and oxygen atoms in total. The minimum absolute atomic E-state index is 0.315. The van der Waals surface area contributed by atoms with Crippen molar-refractivity contribution >= 4 is 39.1 Å². The topological polar surface area (TPSA) is 79.9 Å². The predicted octanol–water partition coefficient (Wildman–Crippen LogP) is 7.49. The van der Waals surface area contributed by atoms with E-state index in [1.165, 1.54) is 52.0 Å². The van der Waals surface area contributed by atoms with Gasteiger partial charge >= 0.3 is 6.09 Å². The summed E-state index contributed by atoms with van der Waals surface area (Å²) in [6.45, 7) is 11.0. The van der Waals surface area contributed by atoms with Crippen LogP contribution >= 0.6 is 11.3 Å². The van der Waals surface area contributed by atoms with Gasteiger partial charge in [-0.25, -0.2) is 4.79 Å². The summed E-state index contributed by atoms with van der Waals surface area (Å²) in [7, 11) is 0. The lowest BCUT2D eigenvalue weighted by molar-refractivity contribution is -0.117. The molecule has 0 spiro atoms. The first kappa shape index (κ1) is 30.6. The van der Waals surface area contributed by atoms with Gasteiger partial charge in [0.05, 0.1) is 0 Å². The van der Waals surface area contributed by atoms with E-state index in [9.17, 15) is 9.59 Å². The Kier molecular flexibility index (Phi) is 9.68. The Hall–Kier alpha value is -3.88. The largest absolute Gasteiger partial charge is 0.492 e. The molecule has 2 amide bonds. The lowest BCUT2D eigenvalue weighted by atomic mass is 9.99. The van der Waals surface area contributed by atoms with E-state index in [4.69, 9.17) is 9.47 Å². The SMILES string of the molecule is CC(NC(=O)OC(C)(C)C)C(=O)Nc1ccc(-c2sc3ccccc3c2Cc2ccc(OCCN3CCCC3)cc2)cc1. The summed E-state index contributed by atoms with van der Waals surface area (Å²) in [5.41, 5.74) is 3.64. The zero-order valence-electron chi connectivity index (χ0n) is 25.4. The minimum Gasteiger partial charge on any atom is -0.492 e. The molecule has 1 unspecified atom stereocenters. The molecule has 1 saturated heterocycles. The van der Waals surface area contributed by atoms with Crippen molar-refractivity contribution in [2.75, 3.05) is 31.6 Å². The average Bonchev–Trinajstić information content (AvgIpc) is 3.62. The Bertz CT molecular complexity index is 1530. The minimum atomic E-state index is -0.745. The van der Waals surface area contributed by atoms with E-state index >= 15 is 0 Å². The monoisotopic (exact) mass is 599 g/mol. The highest BCUT2D eigenvalue weighted by atomic mass is 32.1. The number of likely N-dealkylation sites (tertiary alicyclic amines) is 1. The molecule has 0 saturated carbocycles. The second-order valence-electron chi connectivity index (χ2n) is 12.1. The van der Waals surface area contributed by atoms with Gasteiger partial charge in [-0.1, -0.05) is 42.5 Å². The molecule has 226 valence electrons. The summed E-state index contributed by atoms with van der Waals surface area (Å²) < 4.78 is 12.5. The van der Waals surface area contributed by atoms with Crippen LogP contribution in [0.1, 0.15) is 51.7 Å². The third kappa shape index (κ3) is 8.36. The number of nitrogens with zero attached hydrogens (tertiary/aromatic N) is 1. The molecular weight excluding hydrogens is 558 g/mol. The number of carbonyl (C=O) groups excluding carboxylic acids is 2. The summed E-state index contributed by atoms with van der Waals surface area (Å²) in [5, 5.41) is 6.72. The zero-order valence-corrected chi connectivity index (χ0v) is 26.3. The number of carbonyl (C=O) groups is 2.